The van der Waals surface area contributed by atoms with Crippen molar-refractivity contribution in [3.05, 3.63) is 83.0 Å². The molecule has 4 aromatic rings. The fourth-order valence-electron chi connectivity index (χ4n) is 6.87. The third-order valence-corrected chi connectivity index (χ3v) is 9.74. The highest BCUT2D eigenvalue weighted by atomic mass is 35.5. The van der Waals surface area contributed by atoms with E-state index in [1.54, 1.807) is 4.52 Å². The van der Waals surface area contributed by atoms with Gasteiger partial charge in [-0.05, 0) is 105 Å². The maximum Gasteiger partial charge on any atom is 0.247 e. The summed E-state index contributed by atoms with van der Waals surface area (Å²) in [5.41, 5.74) is 4.00. The molecule has 7 rings (SSSR count). The maximum atomic E-state index is 11.3. The van der Waals surface area contributed by atoms with Crippen molar-refractivity contribution in [1.29, 1.82) is 5.41 Å². The number of anilines is 3. The van der Waals surface area contributed by atoms with E-state index in [-0.39, 0.29) is 0 Å². The van der Waals surface area contributed by atoms with Gasteiger partial charge in [0.2, 0.25) is 5.95 Å². The van der Waals surface area contributed by atoms with Gasteiger partial charge in [-0.15, -0.1) is 5.10 Å². The molecule has 0 atom stereocenters. The SMILES string of the molecule is N=C(c1ccc(Nc2nc3c(N4CCC(O)(c5ccc(Cl)cc5)CC4)cccn3n2)cc1)N1CCC2(CCNCC2)C1. The summed E-state index contributed by atoms with van der Waals surface area (Å²) in [5, 5.41) is 32.3. The quantitative estimate of drug-likeness (QED) is 0.193. The molecule has 1 spiro atoms. The van der Waals surface area contributed by atoms with Gasteiger partial charge in [-0.3, -0.25) is 5.41 Å². The molecule has 0 bridgehead atoms. The molecule has 0 radical (unpaired) electrons. The van der Waals surface area contributed by atoms with Crippen LogP contribution in [0, 0.1) is 10.8 Å². The minimum Gasteiger partial charge on any atom is -0.385 e. The minimum atomic E-state index is -0.863. The van der Waals surface area contributed by atoms with Gasteiger partial charge in [0.1, 0.15) is 5.84 Å². The van der Waals surface area contributed by atoms with Gasteiger partial charge >= 0.3 is 0 Å². The van der Waals surface area contributed by atoms with E-state index in [1.807, 2.05) is 60.8 Å². The number of hydrogen-bond donors (Lipinski definition) is 4. The average Bonchev–Trinajstić information content (AvgIpc) is 3.62. The Morgan fingerprint density at radius 3 is 2.40 bits per heavy atom. The van der Waals surface area contributed by atoms with Gasteiger partial charge in [-0.25, -0.2) is 4.52 Å². The number of nitrogens with one attached hydrogen (secondary N) is 3. The van der Waals surface area contributed by atoms with Crippen LogP contribution in [0.15, 0.2) is 66.9 Å². The molecular weight excluding hydrogens is 548 g/mol. The predicted octanol–water partition coefficient (Wildman–Crippen LogP) is 5.02. The number of fused-ring (bicyclic) bond motifs is 1. The van der Waals surface area contributed by atoms with E-state index in [4.69, 9.17) is 22.0 Å². The highest BCUT2D eigenvalue weighted by molar-refractivity contribution is 6.30. The van der Waals surface area contributed by atoms with Crippen LogP contribution in [-0.2, 0) is 5.60 Å². The Kier molecular flexibility index (Phi) is 7.04. The third-order valence-electron chi connectivity index (χ3n) is 9.49. The number of halogens is 1. The zero-order valence-electron chi connectivity index (χ0n) is 23.7. The van der Waals surface area contributed by atoms with Gasteiger partial charge in [-0.2, -0.15) is 4.98 Å². The zero-order valence-corrected chi connectivity index (χ0v) is 24.4. The van der Waals surface area contributed by atoms with Crippen LogP contribution in [0.3, 0.4) is 0 Å². The summed E-state index contributed by atoms with van der Waals surface area (Å²) in [6.07, 6.45) is 6.73. The molecule has 3 aliphatic rings. The molecule has 3 fully saturated rings. The molecule has 10 heteroatoms. The van der Waals surface area contributed by atoms with E-state index in [0.29, 0.717) is 48.2 Å². The summed E-state index contributed by atoms with van der Waals surface area (Å²) < 4.78 is 1.80. The number of nitrogens with zero attached hydrogens (tertiary/aromatic N) is 5. The smallest absolute Gasteiger partial charge is 0.247 e. The van der Waals surface area contributed by atoms with Gasteiger partial charge in [0.15, 0.2) is 5.65 Å². The summed E-state index contributed by atoms with van der Waals surface area (Å²) in [7, 11) is 0. The number of benzene rings is 2. The van der Waals surface area contributed by atoms with E-state index in [0.717, 1.165) is 54.3 Å². The molecule has 42 heavy (non-hydrogen) atoms. The number of likely N-dealkylation sites (tertiary alicyclic amines) is 1. The van der Waals surface area contributed by atoms with Crippen LogP contribution in [0.4, 0.5) is 17.3 Å². The minimum absolute atomic E-state index is 0.374. The van der Waals surface area contributed by atoms with Crippen LogP contribution >= 0.6 is 11.6 Å². The fraction of sp³-hybridized carbons (Fsp3) is 0.406. The maximum absolute atomic E-state index is 11.3. The molecular formula is C32H37ClN8O. The van der Waals surface area contributed by atoms with E-state index in [1.165, 1.54) is 19.3 Å². The number of hydrogen-bond acceptors (Lipinski definition) is 7. The Bertz CT molecular complexity index is 1570. The first-order valence-electron chi connectivity index (χ1n) is 14.9. The summed E-state index contributed by atoms with van der Waals surface area (Å²) in [4.78, 5) is 9.34. The largest absolute Gasteiger partial charge is 0.385 e. The first-order valence-corrected chi connectivity index (χ1v) is 15.3. The van der Waals surface area contributed by atoms with Crippen molar-refractivity contribution >= 4 is 40.4 Å². The summed E-state index contributed by atoms with van der Waals surface area (Å²) in [5.74, 6) is 1.13. The highest BCUT2D eigenvalue weighted by Gasteiger charge is 2.40. The molecule has 3 aliphatic heterocycles. The molecule has 218 valence electrons. The lowest BCUT2D eigenvalue weighted by atomic mass is 9.78. The first kappa shape index (κ1) is 27.2. The van der Waals surface area contributed by atoms with Crippen LogP contribution in [0.2, 0.25) is 5.02 Å². The Balaban J connectivity index is 1.02. The summed E-state index contributed by atoms with van der Waals surface area (Å²) in [6, 6.07) is 19.6. The molecule has 2 aromatic carbocycles. The van der Waals surface area contributed by atoms with E-state index < -0.39 is 5.60 Å². The van der Waals surface area contributed by atoms with Crippen molar-refractivity contribution in [2.24, 2.45) is 5.41 Å². The van der Waals surface area contributed by atoms with Crippen LogP contribution < -0.4 is 15.5 Å². The number of piperidine rings is 2. The predicted molar refractivity (Wildman–Crippen MR) is 167 cm³/mol. The first-order chi connectivity index (χ1) is 20.4. The molecule has 3 saturated heterocycles. The number of amidine groups is 1. The summed E-state index contributed by atoms with van der Waals surface area (Å²) in [6.45, 7) is 5.54. The number of rotatable bonds is 5. The molecule has 0 saturated carbocycles. The molecule has 2 aromatic heterocycles. The van der Waals surface area contributed by atoms with Crippen molar-refractivity contribution in [1.82, 2.24) is 24.8 Å². The van der Waals surface area contributed by atoms with E-state index in [2.05, 4.69) is 31.6 Å². The Hall–Kier alpha value is -3.66. The van der Waals surface area contributed by atoms with Crippen LogP contribution in [0.25, 0.3) is 5.65 Å². The average molecular weight is 585 g/mol. The van der Waals surface area contributed by atoms with Crippen molar-refractivity contribution in [2.75, 3.05) is 49.5 Å². The van der Waals surface area contributed by atoms with Gasteiger partial charge in [0.05, 0.1) is 11.3 Å². The Morgan fingerprint density at radius 2 is 1.67 bits per heavy atom. The molecule has 4 N–H and O–H groups in total. The van der Waals surface area contributed by atoms with Gasteiger partial charge in [0.25, 0.3) is 0 Å². The monoisotopic (exact) mass is 584 g/mol. The molecule has 9 nitrogen and oxygen atoms in total. The number of pyridine rings is 1. The third kappa shape index (κ3) is 5.21. The van der Waals surface area contributed by atoms with E-state index in [9.17, 15) is 5.11 Å². The molecule has 0 unspecified atom stereocenters. The van der Waals surface area contributed by atoms with Gasteiger partial charge in [-0.1, -0.05) is 23.7 Å². The Labute approximate surface area is 251 Å². The zero-order chi connectivity index (χ0) is 28.7. The van der Waals surface area contributed by atoms with Crippen LogP contribution in [0.5, 0.6) is 0 Å². The standard InChI is InChI=1S/C32H37ClN8O/c33-25-7-5-24(6-8-25)32(42)14-20-39(21-15-32)27-2-1-18-41-29(27)37-30(38-41)36-26-9-3-23(4-10-26)28(34)40-19-13-31(22-40)11-16-35-17-12-31/h1-10,18,34-35,42H,11-17,19-22H2,(H,36,38). The van der Waals surface area contributed by atoms with Crippen LogP contribution in [0.1, 0.15) is 43.2 Å². The van der Waals surface area contributed by atoms with Gasteiger partial charge < -0.3 is 25.5 Å². The number of aromatic nitrogens is 3. The lowest BCUT2D eigenvalue weighted by molar-refractivity contribution is 0.0118. The van der Waals surface area contributed by atoms with Crippen molar-refractivity contribution in [3.8, 4) is 0 Å². The topological polar surface area (TPSA) is 105 Å². The highest BCUT2D eigenvalue weighted by Crippen LogP contribution is 2.39. The molecule has 5 heterocycles. The second-order valence-electron chi connectivity index (χ2n) is 12.1. The van der Waals surface area contributed by atoms with Crippen molar-refractivity contribution in [2.45, 2.75) is 37.7 Å². The second-order valence-corrected chi connectivity index (χ2v) is 12.5. The lowest BCUT2D eigenvalue weighted by Crippen LogP contribution is -2.42. The Morgan fingerprint density at radius 1 is 0.929 bits per heavy atom. The summed E-state index contributed by atoms with van der Waals surface area (Å²) >= 11 is 6.05. The van der Waals surface area contributed by atoms with Crippen LogP contribution in [-0.4, -0.2) is 69.7 Å². The molecule has 0 amide bonds. The second kappa shape index (κ2) is 10.9. The number of aliphatic hydroxyl groups is 1. The van der Waals surface area contributed by atoms with Crippen molar-refractivity contribution < 1.29 is 5.11 Å². The normalized spacial score (nSPS) is 19.9. The fourth-order valence-corrected chi connectivity index (χ4v) is 7.00. The van der Waals surface area contributed by atoms with Gasteiger partial charge in [0, 0.05) is 48.6 Å². The van der Waals surface area contributed by atoms with Crippen molar-refractivity contribution in [3.63, 3.8) is 0 Å². The van der Waals surface area contributed by atoms with E-state index >= 15 is 0 Å². The molecule has 0 aliphatic carbocycles. The lowest BCUT2D eigenvalue weighted by Gasteiger charge is -2.39.